The van der Waals surface area contributed by atoms with Crippen LogP contribution in [0.5, 0.6) is 0 Å². The second-order valence-corrected chi connectivity index (χ2v) is 9.36. The zero-order valence-electron chi connectivity index (χ0n) is 15.4. The van der Waals surface area contributed by atoms with Crippen LogP contribution in [0.1, 0.15) is 69.8 Å². The molecular weight excluding hydrogens is 348 g/mol. The lowest BCUT2D eigenvalue weighted by Crippen LogP contribution is -2.36. The second-order valence-electron chi connectivity index (χ2n) is 7.65. The second kappa shape index (κ2) is 9.00. The fourth-order valence-corrected chi connectivity index (χ4v) is 5.28. The van der Waals surface area contributed by atoms with E-state index in [0.717, 1.165) is 44.1 Å². The first-order chi connectivity index (χ1) is 12.5. The van der Waals surface area contributed by atoms with E-state index in [9.17, 15) is 13.2 Å². The Morgan fingerprint density at radius 3 is 2.12 bits per heavy atom. The molecule has 2 aliphatic carbocycles. The van der Waals surface area contributed by atoms with E-state index in [4.69, 9.17) is 0 Å². The van der Waals surface area contributed by atoms with Crippen LogP contribution in [0.2, 0.25) is 0 Å². The van der Waals surface area contributed by atoms with Crippen molar-refractivity contribution in [2.45, 2.75) is 87.6 Å². The minimum Gasteiger partial charge on any atom is -0.353 e. The number of carbonyl (C=O) groups excluding carboxylic acids is 1. The van der Waals surface area contributed by atoms with Crippen LogP contribution >= 0.6 is 0 Å². The number of hydrogen-bond acceptors (Lipinski definition) is 3. The van der Waals surface area contributed by atoms with Gasteiger partial charge in [-0.1, -0.05) is 44.2 Å². The van der Waals surface area contributed by atoms with Crippen LogP contribution in [0.15, 0.2) is 29.2 Å². The number of amides is 1. The molecule has 1 aromatic carbocycles. The van der Waals surface area contributed by atoms with Gasteiger partial charge in [0.1, 0.15) is 0 Å². The van der Waals surface area contributed by atoms with E-state index in [1.807, 2.05) is 12.1 Å². The van der Waals surface area contributed by atoms with E-state index in [1.54, 1.807) is 12.1 Å². The predicted molar refractivity (Wildman–Crippen MR) is 102 cm³/mol. The molecule has 2 N–H and O–H groups in total. The number of nitrogens with one attached hydrogen (secondary N) is 2. The summed E-state index contributed by atoms with van der Waals surface area (Å²) < 4.78 is 27.6. The molecule has 2 fully saturated rings. The average molecular weight is 379 g/mol. The number of rotatable bonds is 7. The molecular formula is C20H30N2O3S. The average Bonchev–Trinajstić information content (AvgIpc) is 3.13. The first-order valence-electron chi connectivity index (χ1n) is 9.93. The van der Waals surface area contributed by atoms with Crippen molar-refractivity contribution in [2.75, 3.05) is 0 Å². The summed E-state index contributed by atoms with van der Waals surface area (Å²) in [5.74, 6) is 0.0940. The van der Waals surface area contributed by atoms with Gasteiger partial charge < -0.3 is 5.32 Å². The van der Waals surface area contributed by atoms with Gasteiger partial charge in [0.2, 0.25) is 15.9 Å². The highest BCUT2D eigenvalue weighted by atomic mass is 32.2. The summed E-state index contributed by atoms with van der Waals surface area (Å²) in [4.78, 5) is 12.4. The van der Waals surface area contributed by atoms with Gasteiger partial charge in [-0.25, -0.2) is 13.1 Å². The van der Waals surface area contributed by atoms with Crippen LogP contribution in [0, 0.1) is 0 Å². The topological polar surface area (TPSA) is 75.3 Å². The molecule has 1 aromatic rings. The standard InChI is InChI=1S/C20H30N2O3S/c23-20(21-17-6-2-1-3-7-17)15-12-16-10-13-19(14-11-16)26(24,25)22-18-8-4-5-9-18/h10-11,13-14,17-18,22H,1-9,12,15H2,(H,21,23). The molecule has 6 heteroatoms. The molecule has 5 nitrogen and oxygen atoms in total. The maximum atomic E-state index is 12.4. The highest BCUT2D eigenvalue weighted by Crippen LogP contribution is 2.21. The Labute approximate surface area is 157 Å². The molecule has 3 rings (SSSR count). The first kappa shape index (κ1) is 19.4. The van der Waals surface area contributed by atoms with Gasteiger partial charge in [0, 0.05) is 18.5 Å². The molecule has 1 amide bonds. The highest BCUT2D eigenvalue weighted by Gasteiger charge is 2.22. The van der Waals surface area contributed by atoms with E-state index < -0.39 is 10.0 Å². The zero-order chi connectivity index (χ0) is 18.4. The van der Waals surface area contributed by atoms with Crippen LogP contribution in [-0.2, 0) is 21.2 Å². The molecule has 26 heavy (non-hydrogen) atoms. The number of carbonyl (C=O) groups is 1. The Morgan fingerprint density at radius 2 is 1.46 bits per heavy atom. The molecule has 0 unspecified atom stereocenters. The Hall–Kier alpha value is -1.40. The molecule has 0 heterocycles. The van der Waals surface area contributed by atoms with E-state index in [1.165, 1.54) is 19.3 Å². The maximum Gasteiger partial charge on any atom is 0.240 e. The van der Waals surface area contributed by atoms with Gasteiger partial charge in [-0.15, -0.1) is 0 Å². The molecule has 144 valence electrons. The Balaban J connectivity index is 1.48. The Bertz CT molecular complexity index is 688. The Kier molecular flexibility index (Phi) is 6.70. The van der Waals surface area contributed by atoms with Gasteiger partial charge in [-0.05, 0) is 49.8 Å². The van der Waals surface area contributed by atoms with Crippen molar-refractivity contribution in [3.63, 3.8) is 0 Å². The van der Waals surface area contributed by atoms with E-state index in [2.05, 4.69) is 10.0 Å². The van der Waals surface area contributed by atoms with E-state index in [0.29, 0.717) is 23.8 Å². The zero-order valence-corrected chi connectivity index (χ0v) is 16.2. The predicted octanol–water partition coefficient (Wildman–Crippen LogP) is 3.29. The monoisotopic (exact) mass is 378 g/mol. The number of hydrogen-bond donors (Lipinski definition) is 2. The fraction of sp³-hybridized carbons (Fsp3) is 0.650. The van der Waals surface area contributed by atoms with Gasteiger partial charge in [0.05, 0.1) is 4.90 Å². The summed E-state index contributed by atoms with van der Waals surface area (Å²) in [6.45, 7) is 0. The molecule has 0 bridgehead atoms. The van der Waals surface area contributed by atoms with Crippen molar-refractivity contribution < 1.29 is 13.2 Å². The smallest absolute Gasteiger partial charge is 0.240 e. The van der Waals surface area contributed by atoms with Crippen LogP contribution in [0.4, 0.5) is 0 Å². The van der Waals surface area contributed by atoms with Gasteiger partial charge in [0.25, 0.3) is 0 Å². The molecule has 0 radical (unpaired) electrons. The van der Waals surface area contributed by atoms with Crippen LogP contribution in [-0.4, -0.2) is 26.4 Å². The highest BCUT2D eigenvalue weighted by molar-refractivity contribution is 7.89. The first-order valence-corrected chi connectivity index (χ1v) is 11.4. The number of sulfonamides is 1. The summed E-state index contributed by atoms with van der Waals surface area (Å²) >= 11 is 0. The van der Waals surface area contributed by atoms with E-state index >= 15 is 0 Å². The fourth-order valence-electron chi connectivity index (χ4n) is 3.97. The van der Waals surface area contributed by atoms with Crippen molar-refractivity contribution in [3.05, 3.63) is 29.8 Å². The summed E-state index contributed by atoms with van der Waals surface area (Å²) in [5, 5.41) is 3.12. The molecule has 0 aromatic heterocycles. The summed E-state index contributed by atoms with van der Waals surface area (Å²) in [6, 6.07) is 7.33. The van der Waals surface area contributed by atoms with Crippen molar-refractivity contribution >= 4 is 15.9 Å². The van der Waals surface area contributed by atoms with E-state index in [-0.39, 0.29) is 11.9 Å². The largest absolute Gasteiger partial charge is 0.353 e. The SMILES string of the molecule is O=C(CCc1ccc(S(=O)(=O)NC2CCCC2)cc1)NC1CCCCC1. The van der Waals surface area contributed by atoms with Crippen molar-refractivity contribution in [2.24, 2.45) is 0 Å². The molecule has 0 saturated heterocycles. The minimum atomic E-state index is -3.44. The Morgan fingerprint density at radius 1 is 0.885 bits per heavy atom. The summed E-state index contributed by atoms with van der Waals surface area (Å²) in [6.07, 6.45) is 11.0. The normalized spacial score (nSPS) is 19.5. The minimum absolute atomic E-state index is 0.0724. The number of benzene rings is 1. The molecule has 0 atom stereocenters. The van der Waals surface area contributed by atoms with Crippen LogP contribution in [0.25, 0.3) is 0 Å². The molecule has 2 aliphatic rings. The van der Waals surface area contributed by atoms with Gasteiger partial charge >= 0.3 is 0 Å². The van der Waals surface area contributed by atoms with Crippen molar-refractivity contribution in [1.82, 2.24) is 10.0 Å². The van der Waals surface area contributed by atoms with Crippen LogP contribution < -0.4 is 10.0 Å². The third-order valence-corrected chi connectivity index (χ3v) is 7.06. The van der Waals surface area contributed by atoms with Crippen LogP contribution in [0.3, 0.4) is 0 Å². The lowest BCUT2D eigenvalue weighted by molar-refractivity contribution is -0.121. The van der Waals surface area contributed by atoms with Gasteiger partial charge in [0.15, 0.2) is 0 Å². The summed E-state index contributed by atoms with van der Waals surface area (Å²) in [7, 11) is -3.44. The summed E-state index contributed by atoms with van der Waals surface area (Å²) in [5.41, 5.74) is 0.989. The van der Waals surface area contributed by atoms with Crippen molar-refractivity contribution in [1.29, 1.82) is 0 Å². The third kappa shape index (κ3) is 5.55. The molecule has 0 aliphatic heterocycles. The lowest BCUT2D eigenvalue weighted by Gasteiger charge is -2.22. The lowest BCUT2D eigenvalue weighted by atomic mass is 9.95. The van der Waals surface area contributed by atoms with Crippen molar-refractivity contribution in [3.8, 4) is 0 Å². The maximum absolute atomic E-state index is 12.4. The number of aryl methyl sites for hydroxylation is 1. The van der Waals surface area contributed by atoms with Gasteiger partial charge in [-0.3, -0.25) is 4.79 Å². The third-order valence-electron chi connectivity index (χ3n) is 5.52. The molecule has 0 spiro atoms. The molecule has 2 saturated carbocycles. The van der Waals surface area contributed by atoms with Gasteiger partial charge in [-0.2, -0.15) is 0 Å². The quantitative estimate of drug-likeness (QED) is 0.764.